The van der Waals surface area contributed by atoms with Crippen LogP contribution in [-0.2, 0) is 6.18 Å². The van der Waals surface area contributed by atoms with Crippen LogP contribution in [0.2, 0.25) is 10.0 Å². The Bertz CT molecular complexity index is 940. The molecular formula is C15H7Cl2F3N2OS. The molecule has 2 aromatic carbocycles. The van der Waals surface area contributed by atoms with E-state index in [0.717, 1.165) is 17.4 Å². The Hall–Kier alpha value is -1.83. The molecule has 0 unspecified atom stereocenters. The second kappa shape index (κ2) is 6.23. The Morgan fingerprint density at radius 3 is 2.62 bits per heavy atom. The number of para-hydroxylation sites is 1. The molecule has 3 nitrogen and oxygen atoms in total. The van der Waals surface area contributed by atoms with Crippen molar-refractivity contribution in [1.82, 2.24) is 4.98 Å². The summed E-state index contributed by atoms with van der Waals surface area (Å²) in [4.78, 5) is 16.1. The number of benzene rings is 2. The van der Waals surface area contributed by atoms with E-state index in [1.807, 2.05) is 0 Å². The van der Waals surface area contributed by atoms with Gasteiger partial charge in [0.1, 0.15) is 0 Å². The molecule has 3 aromatic rings. The van der Waals surface area contributed by atoms with Gasteiger partial charge in [0, 0.05) is 5.02 Å². The lowest BCUT2D eigenvalue weighted by molar-refractivity contribution is -0.136. The first-order valence-electron chi connectivity index (χ1n) is 6.49. The number of nitrogens with zero attached hydrogens (tertiary/aromatic N) is 1. The van der Waals surface area contributed by atoms with Crippen molar-refractivity contribution in [3.63, 3.8) is 0 Å². The lowest BCUT2D eigenvalue weighted by atomic mass is 10.2. The van der Waals surface area contributed by atoms with Gasteiger partial charge in [-0.05, 0) is 30.3 Å². The number of nitrogens with one attached hydrogen (secondary N) is 1. The first-order chi connectivity index (χ1) is 11.3. The molecule has 1 aromatic heterocycles. The molecule has 0 aliphatic rings. The molecule has 1 amide bonds. The first-order valence-corrected chi connectivity index (χ1v) is 8.06. The van der Waals surface area contributed by atoms with Crippen molar-refractivity contribution < 1.29 is 18.0 Å². The lowest BCUT2D eigenvalue weighted by Crippen LogP contribution is -2.12. The van der Waals surface area contributed by atoms with E-state index in [9.17, 15) is 18.0 Å². The third kappa shape index (κ3) is 3.33. The van der Waals surface area contributed by atoms with E-state index in [4.69, 9.17) is 23.2 Å². The van der Waals surface area contributed by atoms with Crippen LogP contribution < -0.4 is 5.32 Å². The zero-order valence-electron chi connectivity index (χ0n) is 11.6. The van der Waals surface area contributed by atoms with Gasteiger partial charge in [-0.15, -0.1) is 0 Å². The van der Waals surface area contributed by atoms with Gasteiger partial charge < -0.3 is 0 Å². The molecule has 0 radical (unpaired) electrons. The third-order valence-electron chi connectivity index (χ3n) is 3.12. The highest BCUT2D eigenvalue weighted by atomic mass is 35.5. The van der Waals surface area contributed by atoms with E-state index >= 15 is 0 Å². The Kier molecular flexibility index (Phi) is 4.42. The molecule has 3 rings (SSSR count). The molecule has 1 heterocycles. The largest absolute Gasteiger partial charge is 0.418 e. The molecule has 0 saturated carbocycles. The SMILES string of the molecule is O=C(Nc1nc2c(C(F)(F)F)cccc2s1)c1cc(Cl)ccc1Cl. The fourth-order valence-corrected chi connectivity index (χ4v) is 3.33. The molecule has 0 aliphatic carbocycles. The Morgan fingerprint density at radius 1 is 1.17 bits per heavy atom. The molecule has 0 aliphatic heterocycles. The molecule has 0 fully saturated rings. The van der Waals surface area contributed by atoms with Crippen molar-refractivity contribution in [2.24, 2.45) is 0 Å². The number of hydrogen-bond acceptors (Lipinski definition) is 3. The Balaban J connectivity index is 1.96. The highest BCUT2D eigenvalue weighted by Crippen LogP contribution is 2.37. The number of carbonyl (C=O) groups is 1. The van der Waals surface area contributed by atoms with Crippen LogP contribution in [0.4, 0.5) is 18.3 Å². The third-order valence-corrected chi connectivity index (χ3v) is 4.62. The number of aromatic nitrogens is 1. The van der Waals surface area contributed by atoms with Crippen molar-refractivity contribution in [3.8, 4) is 0 Å². The normalized spacial score (nSPS) is 11.7. The predicted octanol–water partition coefficient (Wildman–Crippen LogP) is 5.87. The summed E-state index contributed by atoms with van der Waals surface area (Å²) in [5.74, 6) is -0.602. The Labute approximate surface area is 148 Å². The zero-order chi connectivity index (χ0) is 17.5. The van der Waals surface area contributed by atoms with Gasteiger partial charge in [0.05, 0.1) is 26.4 Å². The molecule has 0 bridgehead atoms. The maximum atomic E-state index is 13.0. The van der Waals surface area contributed by atoms with Crippen LogP contribution in [0.5, 0.6) is 0 Å². The topological polar surface area (TPSA) is 42.0 Å². The van der Waals surface area contributed by atoms with E-state index in [1.54, 1.807) is 0 Å². The van der Waals surface area contributed by atoms with Crippen LogP contribution >= 0.6 is 34.5 Å². The second-order valence-corrected chi connectivity index (χ2v) is 6.62. The summed E-state index contributed by atoms with van der Waals surface area (Å²) >= 11 is 12.7. The molecule has 9 heteroatoms. The van der Waals surface area contributed by atoms with Gasteiger partial charge in [0.2, 0.25) is 0 Å². The van der Waals surface area contributed by atoms with Crippen molar-refractivity contribution in [3.05, 3.63) is 57.6 Å². The van der Waals surface area contributed by atoms with Crippen molar-refractivity contribution in [1.29, 1.82) is 0 Å². The molecule has 0 saturated heterocycles. The van der Waals surface area contributed by atoms with E-state index in [2.05, 4.69) is 10.3 Å². The van der Waals surface area contributed by atoms with Crippen molar-refractivity contribution in [2.45, 2.75) is 6.18 Å². The molecular weight excluding hydrogens is 384 g/mol. The van der Waals surface area contributed by atoms with Crippen LogP contribution in [0.1, 0.15) is 15.9 Å². The summed E-state index contributed by atoms with van der Waals surface area (Å²) < 4.78 is 39.3. The minimum Gasteiger partial charge on any atom is -0.298 e. The average molecular weight is 391 g/mol. The number of halogens is 5. The van der Waals surface area contributed by atoms with Gasteiger partial charge >= 0.3 is 6.18 Å². The summed E-state index contributed by atoms with van der Waals surface area (Å²) in [6.45, 7) is 0. The maximum absolute atomic E-state index is 13.0. The monoisotopic (exact) mass is 390 g/mol. The highest BCUT2D eigenvalue weighted by molar-refractivity contribution is 7.22. The second-order valence-electron chi connectivity index (χ2n) is 4.75. The summed E-state index contributed by atoms with van der Waals surface area (Å²) in [7, 11) is 0. The minimum absolute atomic E-state index is 0.0442. The average Bonchev–Trinajstić information content (AvgIpc) is 2.90. The lowest BCUT2D eigenvalue weighted by Gasteiger charge is -2.06. The van der Waals surface area contributed by atoms with Crippen LogP contribution in [-0.4, -0.2) is 10.9 Å². The number of hydrogen-bond donors (Lipinski definition) is 1. The number of anilines is 1. The number of thiazole rings is 1. The Morgan fingerprint density at radius 2 is 1.92 bits per heavy atom. The fourth-order valence-electron chi connectivity index (χ4n) is 2.07. The quantitative estimate of drug-likeness (QED) is 0.593. The van der Waals surface area contributed by atoms with Gasteiger partial charge in [-0.2, -0.15) is 13.2 Å². The smallest absolute Gasteiger partial charge is 0.298 e. The molecule has 24 heavy (non-hydrogen) atoms. The summed E-state index contributed by atoms with van der Waals surface area (Å²) in [6, 6.07) is 8.09. The van der Waals surface area contributed by atoms with Gasteiger partial charge in [-0.3, -0.25) is 10.1 Å². The zero-order valence-corrected chi connectivity index (χ0v) is 13.9. The summed E-state index contributed by atoms with van der Waals surface area (Å²) in [5.41, 5.74) is -0.945. The van der Waals surface area contributed by atoms with Gasteiger partial charge in [0.25, 0.3) is 5.91 Å². The molecule has 0 spiro atoms. The van der Waals surface area contributed by atoms with Gasteiger partial charge in [-0.25, -0.2) is 4.98 Å². The van der Waals surface area contributed by atoms with Crippen LogP contribution in [0.25, 0.3) is 10.2 Å². The maximum Gasteiger partial charge on any atom is 0.418 e. The number of fused-ring (bicyclic) bond motifs is 1. The summed E-state index contributed by atoms with van der Waals surface area (Å²) in [6.07, 6.45) is -4.52. The number of amides is 1. The molecule has 0 atom stereocenters. The van der Waals surface area contributed by atoms with Crippen molar-refractivity contribution in [2.75, 3.05) is 5.32 Å². The number of alkyl halides is 3. The number of rotatable bonds is 2. The summed E-state index contributed by atoms with van der Waals surface area (Å²) in [5, 5.41) is 2.98. The standard InChI is InChI=1S/C15H7Cl2F3N2OS/c16-7-4-5-10(17)8(6-7)13(23)22-14-21-12-9(15(18,19)20)2-1-3-11(12)24-14/h1-6H,(H,21,22,23). The number of carbonyl (C=O) groups excluding carboxylic acids is 1. The van der Waals surface area contributed by atoms with Gasteiger partial charge in [0.15, 0.2) is 5.13 Å². The van der Waals surface area contributed by atoms with Crippen LogP contribution in [0.15, 0.2) is 36.4 Å². The van der Waals surface area contributed by atoms with E-state index in [-0.39, 0.29) is 21.2 Å². The molecule has 1 N–H and O–H groups in total. The van der Waals surface area contributed by atoms with Crippen LogP contribution in [0, 0.1) is 0 Å². The van der Waals surface area contributed by atoms with Gasteiger partial charge in [-0.1, -0.05) is 40.6 Å². The molecule has 124 valence electrons. The van der Waals surface area contributed by atoms with E-state index < -0.39 is 17.6 Å². The first kappa shape index (κ1) is 17.0. The highest BCUT2D eigenvalue weighted by Gasteiger charge is 2.33. The van der Waals surface area contributed by atoms with Crippen LogP contribution in [0.3, 0.4) is 0 Å². The fraction of sp³-hybridized carbons (Fsp3) is 0.0667. The van der Waals surface area contributed by atoms with E-state index in [1.165, 1.54) is 30.3 Å². The predicted molar refractivity (Wildman–Crippen MR) is 89.0 cm³/mol. The van der Waals surface area contributed by atoms with E-state index in [0.29, 0.717) is 9.72 Å². The van der Waals surface area contributed by atoms with Crippen molar-refractivity contribution >= 4 is 55.8 Å². The minimum atomic E-state index is -4.52.